The molecule has 1 amide bonds. The first-order valence-electron chi connectivity index (χ1n) is 7.74. The van der Waals surface area contributed by atoms with Crippen LogP contribution in [-0.2, 0) is 11.2 Å². The second kappa shape index (κ2) is 7.72. The van der Waals surface area contributed by atoms with Gasteiger partial charge in [-0.25, -0.2) is 0 Å². The Morgan fingerprint density at radius 2 is 1.84 bits per heavy atom. The molecule has 0 saturated carbocycles. The zero-order chi connectivity index (χ0) is 17.8. The van der Waals surface area contributed by atoms with Gasteiger partial charge < -0.3 is 9.84 Å². The van der Waals surface area contributed by atoms with Gasteiger partial charge in [-0.1, -0.05) is 48.2 Å². The second-order valence-corrected chi connectivity index (χ2v) is 7.20. The number of carbonyl (C=O) groups is 1. The lowest BCUT2D eigenvalue weighted by Crippen LogP contribution is -2.30. The van der Waals surface area contributed by atoms with E-state index in [-0.39, 0.29) is 11.7 Å². The van der Waals surface area contributed by atoms with Gasteiger partial charge in [0.05, 0.1) is 12.0 Å². The van der Waals surface area contributed by atoms with Crippen molar-refractivity contribution in [2.45, 2.75) is 6.42 Å². The molecule has 1 aliphatic rings. The number of rotatable bonds is 5. The summed E-state index contributed by atoms with van der Waals surface area (Å²) in [5.74, 6) is 0.937. The molecule has 1 heterocycles. The third-order valence-electron chi connectivity index (χ3n) is 3.85. The van der Waals surface area contributed by atoms with Crippen molar-refractivity contribution in [3.8, 4) is 11.5 Å². The van der Waals surface area contributed by atoms with Gasteiger partial charge in [0.15, 0.2) is 0 Å². The van der Waals surface area contributed by atoms with Crippen molar-refractivity contribution in [2.75, 3.05) is 13.7 Å². The molecule has 1 aliphatic heterocycles. The molecule has 0 bridgehead atoms. The number of benzene rings is 2. The standard InChI is InChI=1S/C19H17NO3S2/c1-23-16-8-4-13(5-9-16)10-11-20-18(22)17(25-19(20)24)12-14-2-6-15(21)7-3-14/h2-9,12,21H,10-11H2,1H3. The van der Waals surface area contributed by atoms with Crippen molar-refractivity contribution in [1.29, 1.82) is 0 Å². The fourth-order valence-corrected chi connectivity index (χ4v) is 3.76. The van der Waals surface area contributed by atoms with Gasteiger partial charge in [-0.3, -0.25) is 9.69 Å². The quantitative estimate of drug-likeness (QED) is 0.639. The monoisotopic (exact) mass is 371 g/mol. The maximum atomic E-state index is 12.6. The van der Waals surface area contributed by atoms with E-state index in [2.05, 4.69) is 0 Å². The number of hydrogen-bond acceptors (Lipinski definition) is 5. The SMILES string of the molecule is COc1ccc(CCN2C(=O)C(=Cc3ccc(O)cc3)SC2=S)cc1. The number of ether oxygens (including phenoxy) is 1. The van der Waals surface area contributed by atoms with Crippen LogP contribution in [0.2, 0.25) is 0 Å². The summed E-state index contributed by atoms with van der Waals surface area (Å²) in [6, 6.07) is 14.5. The number of carbonyl (C=O) groups excluding carboxylic acids is 1. The Morgan fingerprint density at radius 1 is 1.16 bits per heavy atom. The van der Waals surface area contributed by atoms with Gasteiger partial charge in [0, 0.05) is 6.54 Å². The van der Waals surface area contributed by atoms with Crippen LogP contribution in [0.1, 0.15) is 11.1 Å². The predicted molar refractivity (Wildman–Crippen MR) is 105 cm³/mol. The summed E-state index contributed by atoms with van der Waals surface area (Å²) >= 11 is 6.66. The number of amides is 1. The molecule has 1 N–H and O–H groups in total. The Kier molecular flexibility index (Phi) is 5.40. The summed E-state index contributed by atoms with van der Waals surface area (Å²) in [6.07, 6.45) is 2.52. The molecule has 4 nitrogen and oxygen atoms in total. The Labute approximate surface area is 156 Å². The average Bonchev–Trinajstić information content (AvgIpc) is 2.89. The molecule has 2 aromatic carbocycles. The maximum Gasteiger partial charge on any atom is 0.266 e. The highest BCUT2D eigenvalue weighted by molar-refractivity contribution is 8.26. The highest BCUT2D eigenvalue weighted by Gasteiger charge is 2.31. The van der Waals surface area contributed by atoms with Gasteiger partial charge in [0.25, 0.3) is 5.91 Å². The first-order chi connectivity index (χ1) is 12.1. The molecule has 0 spiro atoms. The van der Waals surface area contributed by atoms with Crippen molar-refractivity contribution in [3.63, 3.8) is 0 Å². The van der Waals surface area contributed by atoms with Crippen LogP contribution in [0.3, 0.4) is 0 Å². The van der Waals surface area contributed by atoms with Gasteiger partial charge in [-0.05, 0) is 47.9 Å². The van der Waals surface area contributed by atoms with Crippen LogP contribution in [0.25, 0.3) is 6.08 Å². The number of hydrogen-bond donors (Lipinski definition) is 1. The molecule has 0 unspecified atom stereocenters. The smallest absolute Gasteiger partial charge is 0.266 e. The number of methoxy groups -OCH3 is 1. The third kappa shape index (κ3) is 4.21. The van der Waals surface area contributed by atoms with Crippen LogP contribution in [0.5, 0.6) is 11.5 Å². The molecule has 0 atom stereocenters. The van der Waals surface area contributed by atoms with Crippen LogP contribution in [-0.4, -0.2) is 33.9 Å². The molecule has 2 aromatic rings. The van der Waals surface area contributed by atoms with Gasteiger partial charge in [-0.2, -0.15) is 0 Å². The Hall–Kier alpha value is -2.31. The summed E-state index contributed by atoms with van der Waals surface area (Å²) in [5.41, 5.74) is 1.98. The first kappa shape index (κ1) is 17.5. The van der Waals surface area contributed by atoms with Crippen molar-refractivity contribution >= 4 is 40.3 Å². The van der Waals surface area contributed by atoms with Crippen molar-refractivity contribution in [2.24, 2.45) is 0 Å². The summed E-state index contributed by atoms with van der Waals surface area (Å²) in [5, 5.41) is 9.34. The largest absolute Gasteiger partial charge is 0.508 e. The molecule has 1 saturated heterocycles. The number of thiocarbonyl (C=S) groups is 1. The summed E-state index contributed by atoms with van der Waals surface area (Å²) in [7, 11) is 1.63. The van der Waals surface area contributed by atoms with E-state index < -0.39 is 0 Å². The Bertz CT molecular complexity index is 814. The molecule has 0 radical (unpaired) electrons. The molecular formula is C19H17NO3S2. The lowest BCUT2D eigenvalue weighted by molar-refractivity contribution is -0.122. The predicted octanol–water partition coefficient (Wildman–Crippen LogP) is 3.84. The summed E-state index contributed by atoms with van der Waals surface area (Å²) in [6.45, 7) is 0.546. The molecular weight excluding hydrogens is 354 g/mol. The van der Waals surface area contributed by atoms with E-state index >= 15 is 0 Å². The topological polar surface area (TPSA) is 49.8 Å². The highest BCUT2D eigenvalue weighted by Crippen LogP contribution is 2.32. The highest BCUT2D eigenvalue weighted by atomic mass is 32.2. The molecule has 0 aromatic heterocycles. The summed E-state index contributed by atoms with van der Waals surface area (Å²) < 4.78 is 5.72. The fourth-order valence-electron chi connectivity index (χ4n) is 2.45. The molecule has 0 aliphatic carbocycles. The van der Waals surface area contributed by atoms with Gasteiger partial charge in [0.2, 0.25) is 0 Å². The third-order valence-corrected chi connectivity index (χ3v) is 5.23. The van der Waals surface area contributed by atoms with Crippen molar-refractivity contribution in [3.05, 3.63) is 64.6 Å². The van der Waals surface area contributed by atoms with Crippen LogP contribution >= 0.6 is 24.0 Å². The van der Waals surface area contributed by atoms with E-state index in [1.807, 2.05) is 24.3 Å². The second-order valence-electron chi connectivity index (χ2n) is 5.52. The zero-order valence-electron chi connectivity index (χ0n) is 13.6. The lowest BCUT2D eigenvalue weighted by Gasteiger charge is -2.14. The molecule has 128 valence electrons. The van der Waals surface area contributed by atoms with E-state index in [0.717, 1.165) is 23.3 Å². The van der Waals surface area contributed by atoms with Gasteiger partial charge in [0.1, 0.15) is 15.8 Å². The number of aromatic hydroxyl groups is 1. The van der Waals surface area contributed by atoms with Crippen molar-refractivity contribution in [1.82, 2.24) is 4.90 Å². The van der Waals surface area contributed by atoms with E-state index in [9.17, 15) is 9.90 Å². The minimum atomic E-state index is -0.0726. The number of phenols is 1. The molecule has 1 fully saturated rings. The van der Waals surface area contributed by atoms with Crippen LogP contribution in [0, 0.1) is 0 Å². The number of phenolic OH excluding ortho intramolecular Hbond substituents is 1. The molecule has 6 heteroatoms. The van der Waals surface area contributed by atoms with E-state index in [1.165, 1.54) is 11.8 Å². The summed E-state index contributed by atoms with van der Waals surface area (Å²) in [4.78, 5) is 14.8. The van der Waals surface area contributed by atoms with E-state index in [4.69, 9.17) is 17.0 Å². The minimum Gasteiger partial charge on any atom is -0.508 e. The molecule has 25 heavy (non-hydrogen) atoms. The Balaban J connectivity index is 1.67. The molecule has 3 rings (SSSR count). The van der Waals surface area contributed by atoms with Crippen molar-refractivity contribution < 1.29 is 14.6 Å². The van der Waals surface area contributed by atoms with Gasteiger partial charge >= 0.3 is 0 Å². The maximum absolute atomic E-state index is 12.6. The van der Waals surface area contributed by atoms with Crippen LogP contribution < -0.4 is 4.74 Å². The van der Waals surface area contributed by atoms with E-state index in [1.54, 1.807) is 42.4 Å². The fraction of sp³-hybridized carbons (Fsp3) is 0.158. The zero-order valence-corrected chi connectivity index (χ0v) is 15.3. The average molecular weight is 371 g/mol. The van der Waals surface area contributed by atoms with Gasteiger partial charge in [-0.15, -0.1) is 0 Å². The Morgan fingerprint density at radius 3 is 2.48 bits per heavy atom. The number of thioether (sulfide) groups is 1. The first-order valence-corrected chi connectivity index (χ1v) is 8.96. The lowest BCUT2D eigenvalue weighted by atomic mass is 10.1. The minimum absolute atomic E-state index is 0.0726. The van der Waals surface area contributed by atoms with Crippen LogP contribution in [0.15, 0.2) is 53.4 Å². The van der Waals surface area contributed by atoms with E-state index in [0.29, 0.717) is 15.8 Å². The normalized spacial score (nSPS) is 15.9. The van der Waals surface area contributed by atoms with Crippen LogP contribution in [0.4, 0.5) is 0 Å². The number of nitrogens with zero attached hydrogens (tertiary/aromatic N) is 1.